The molecule has 0 unspecified atom stereocenters. The molecule has 0 atom stereocenters. The zero-order valence-electron chi connectivity index (χ0n) is 21.4. The second kappa shape index (κ2) is 10.6. The van der Waals surface area contributed by atoms with Crippen molar-refractivity contribution in [1.82, 2.24) is 24.9 Å². The van der Waals surface area contributed by atoms with E-state index in [9.17, 15) is 8.78 Å². The van der Waals surface area contributed by atoms with Crippen molar-refractivity contribution >= 4 is 0 Å². The fourth-order valence-electron chi connectivity index (χ4n) is 3.39. The monoisotopic (exact) mass is 513 g/mol. The van der Waals surface area contributed by atoms with Crippen LogP contribution in [0.5, 0.6) is 11.5 Å². The van der Waals surface area contributed by atoms with E-state index in [1.807, 2.05) is 45.0 Å². The average Bonchev–Trinajstić information content (AvgIpc) is 3.46. The number of aryl methyl sites for hydroxylation is 1. The lowest BCUT2D eigenvalue weighted by Crippen LogP contribution is -2.25. The number of alkyl halides is 2. The van der Waals surface area contributed by atoms with Crippen LogP contribution in [0.2, 0.25) is 0 Å². The normalized spacial score (nSPS) is 12.1. The maximum Gasteiger partial charge on any atom is 0.394 e. The van der Waals surface area contributed by atoms with Gasteiger partial charge in [-0.1, -0.05) is 17.3 Å². The van der Waals surface area contributed by atoms with Gasteiger partial charge in [0.1, 0.15) is 17.3 Å². The highest BCUT2D eigenvalue weighted by Crippen LogP contribution is 2.26. The maximum atomic E-state index is 13.0. The summed E-state index contributed by atoms with van der Waals surface area (Å²) in [5.74, 6) is 2.18. The summed E-state index contributed by atoms with van der Waals surface area (Å²) in [4.78, 5) is 8.81. The molecule has 0 amide bonds. The van der Waals surface area contributed by atoms with Gasteiger partial charge < -0.3 is 18.7 Å². The third kappa shape index (κ3) is 7.10. The predicted molar refractivity (Wildman–Crippen MR) is 131 cm³/mol. The molecule has 0 spiro atoms. The molecular formula is C26H29F2N5O4. The lowest BCUT2D eigenvalue weighted by Gasteiger charge is -2.22. The van der Waals surface area contributed by atoms with E-state index >= 15 is 0 Å². The molecule has 9 nitrogen and oxygen atoms in total. The SMILES string of the molecule is COC(C)(C)CCOc1cccc(Cn2nc(-c3nc(-c4ccc(OC(C)(F)F)cc4)no3)nc2C)c1. The van der Waals surface area contributed by atoms with E-state index in [0.29, 0.717) is 31.5 Å². The minimum Gasteiger partial charge on any atom is -0.493 e. The van der Waals surface area contributed by atoms with Crippen molar-refractivity contribution in [2.24, 2.45) is 0 Å². The summed E-state index contributed by atoms with van der Waals surface area (Å²) in [6.07, 6.45) is -2.50. The third-order valence-corrected chi connectivity index (χ3v) is 5.64. The number of ether oxygens (including phenoxy) is 3. The van der Waals surface area contributed by atoms with Gasteiger partial charge in [-0.2, -0.15) is 13.8 Å². The molecule has 0 radical (unpaired) electrons. The van der Waals surface area contributed by atoms with Crippen LogP contribution in [0.1, 0.15) is 38.6 Å². The van der Waals surface area contributed by atoms with E-state index in [4.69, 9.17) is 14.0 Å². The molecule has 0 N–H and O–H groups in total. The number of hydrogen-bond donors (Lipinski definition) is 0. The summed E-state index contributed by atoms with van der Waals surface area (Å²) in [6.45, 7) is 7.57. The van der Waals surface area contributed by atoms with Crippen LogP contribution in [0, 0.1) is 6.92 Å². The van der Waals surface area contributed by atoms with E-state index in [2.05, 4.69) is 25.0 Å². The Morgan fingerprint density at radius 2 is 1.73 bits per heavy atom. The molecule has 0 aliphatic rings. The van der Waals surface area contributed by atoms with Gasteiger partial charge in [0, 0.05) is 26.0 Å². The third-order valence-electron chi connectivity index (χ3n) is 5.64. The minimum atomic E-state index is -3.27. The van der Waals surface area contributed by atoms with Crippen molar-refractivity contribution in [2.45, 2.75) is 52.4 Å². The van der Waals surface area contributed by atoms with Crippen molar-refractivity contribution < 1.29 is 27.5 Å². The van der Waals surface area contributed by atoms with Crippen LogP contribution in [-0.4, -0.2) is 50.3 Å². The molecule has 2 aromatic carbocycles. The highest BCUT2D eigenvalue weighted by Gasteiger charge is 2.23. The topological polar surface area (TPSA) is 97.3 Å². The number of rotatable bonds is 11. The second-order valence-electron chi connectivity index (χ2n) is 9.21. The fourth-order valence-corrected chi connectivity index (χ4v) is 3.39. The van der Waals surface area contributed by atoms with Gasteiger partial charge in [-0.15, -0.1) is 5.10 Å². The van der Waals surface area contributed by atoms with Gasteiger partial charge in [0.15, 0.2) is 0 Å². The summed E-state index contributed by atoms with van der Waals surface area (Å²) < 4.78 is 49.0. The highest BCUT2D eigenvalue weighted by molar-refractivity contribution is 5.57. The molecule has 2 aromatic heterocycles. The number of hydrogen-bond acceptors (Lipinski definition) is 8. The Morgan fingerprint density at radius 3 is 2.43 bits per heavy atom. The molecule has 0 saturated heterocycles. The molecule has 196 valence electrons. The number of benzene rings is 2. The summed E-state index contributed by atoms with van der Waals surface area (Å²) in [7, 11) is 1.69. The maximum absolute atomic E-state index is 13.0. The highest BCUT2D eigenvalue weighted by atomic mass is 19.3. The molecule has 37 heavy (non-hydrogen) atoms. The van der Waals surface area contributed by atoms with Crippen LogP contribution in [-0.2, 0) is 11.3 Å². The van der Waals surface area contributed by atoms with Gasteiger partial charge in [-0.05, 0) is 62.7 Å². The number of halogens is 2. The summed E-state index contributed by atoms with van der Waals surface area (Å²) in [5.41, 5.74) is 1.32. The Kier molecular flexibility index (Phi) is 7.53. The first-order valence-electron chi connectivity index (χ1n) is 11.7. The molecule has 0 saturated carbocycles. The summed E-state index contributed by atoms with van der Waals surface area (Å²) >= 11 is 0. The molecule has 11 heteroatoms. The van der Waals surface area contributed by atoms with Crippen molar-refractivity contribution in [3.8, 4) is 34.6 Å². The molecule has 0 fully saturated rings. The Hall–Kier alpha value is -3.86. The van der Waals surface area contributed by atoms with Crippen molar-refractivity contribution in [1.29, 1.82) is 0 Å². The zero-order valence-corrected chi connectivity index (χ0v) is 21.4. The van der Waals surface area contributed by atoms with Gasteiger partial charge >= 0.3 is 6.11 Å². The molecule has 0 aliphatic carbocycles. The standard InChI is InChI=1S/C26H29F2N5O4/c1-17-29-23(24-30-22(32-37-24)19-9-11-20(12-10-19)36-26(4,27)28)31-33(17)16-18-7-6-8-21(15-18)35-14-13-25(2,3)34-5/h6-12,15H,13-14,16H2,1-5H3. The van der Waals surface area contributed by atoms with E-state index in [1.165, 1.54) is 12.1 Å². The number of nitrogens with zero attached hydrogens (tertiary/aromatic N) is 5. The van der Waals surface area contributed by atoms with E-state index in [-0.39, 0.29) is 28.9 Å². The molecule has 0 bridgehead atoms. The van der Waals surface area contributed by atoms with Crippen LogP contribution >= 0.6 is 0 Å². The Morgan fingerprint density at radius 1 is 0.973 bits per heavy atom. The van der Waals surface area contributed by atoms with E-state index in [1.54, 1.807) is 23.9 Å². The lowest BCUT2D eigenvalue weighted by molar-refractivity contribution is -0.158. The Labute approximate surface area is 213 Å². The van der Waals surface area contributed by atoms with Crippen LogP contribution in [0.15, 0.2) is 53.1 Å². The van der Waals surface area contributed by atoms with Gasteiger partial charge in [0.05, 0.1) is 18.8 Å². The first-order chi connectivity index (χ1) is 17.5. The van der Waals surface area contributed by atoms with Crippen molar-refractivity contribution in [3.63, 3.8) is 0 Å². The van der Waals surface area contributed by atoms with Crippen LogP contribution in [0.3, 0.4) is 0 Å². The van der Waals surface area contributed by atoms with Crippen molar-refractivity contribution in [3.05, 3.63) is 59.9 Å². The van der Waals surface area contributed by atoms with Crippen LogP contribution in [0.25, 0.3) is 23.1 Å². The lowest BCUT2D eigenvalue weighted by atomic mass is 10.1. The predicted octanol–water partition coefficient (Wildman–Crippen LogP) is 5.54. The van der Waals surface area contributed by atoms with E-state index in [0.717, 1.165) is 17.7 Å². The smallest absolute Gasteiger partial charge is 0.394 e. The molecule has 0 aliphatic heterocycles. The van der Waals surface area contributed by atoms with Gasteiger partial charge in [-0.25, -0.2) is 9.67 Å². The summed E-state index contributed by atoms with van der Waals surface area (Å²) in [5, 5.41) is 8.48. The average molecular weight is 514 g/mol. The second-order valence-corrected chi connectivity index (χ2v) is 9.21. The minimum absolute atomic E-state index is 0.0317. The van der Waals surface area contributed by atoms with Gasteiger partial charge in [-0.3, -0.25) is 0 Å². The van der Waals surface area contributed by atoms with Crippen molar-refractivity contribution in [2.75, 3.05) is 13.7 Å². The number of methoxy groups -OCH3 is 1. The molecule has 4 rings (SSSR count). The van der Waals surface area contributed by atoms with E-state index < -0.39 is 6.11 Å². The van der Waals surface area contributed by atoms with Gasteiger partial charge in [0.2, 0.25) is 11.6 Å². The Bertz CT molecular complexity index is 1330. The molecular weight excluding hydrogens is 484 g/mol. The summed E-state index contributed by atoms with van der Waals surface area (Å²) in [6, 6.07) is 13.8. The Balaban J connectivity index is 1.43. The molecule has 4 aromatic rings. The van der Waals surface area contributed by atoms with Gasteiger partial charge in [0.25, 0.3) is 5.89 Å². The van der Waals surface area contributed by atoms with Crippen LogP contribution in [0.4, 0.5) is 8.78 Å². The first-order valence-corrected chi connectivity index (χ1v) is 11.7. The molecule has 2 heterocycles. The fraction of sp³-hybridized carbons (Fsp3) is 0.385. The quantitative estimate of drug-likeness (QED) is 0.258. The number of aromatic nitrogens is 5. The largest absolute Gasteiger partial charge is 0.493 e. The zero-order chi connectivity index (χ0) is 26.6. The first kappa shape index (κ1) is 26.2. The van der Waals surface area contributed by atoms with Crippen LogP contribution < -0.4 is 9.47 Å².